The van der Waals surface area contributed by atoms with Crippen molar-refractivity contribution in [2.24, 2.45) is 0 Å². The Morgan fingerprint density at radius 1 is 1.06 bits per heavy atom. The summed E-state index contributed by atoms with van der Waals surface area (Å²) in [6.45, 7) is 4.28. The molecule has 0 radical (unpaired) electrons. The Hall–Kier alpha value is -3.69. The van der Waals surface area contributed by atoms with Crippen LogP contribution in [0.2, 0.25) is 5.15 Å². The third-order valence-electron chi connectivity index (χ3n) is 4.57. The molecule has 0 aliphatic heterocycles. The molecule has 34 heavy (non-hydrogen) atoms. The second kappa shape index (κ2) is 12.0. The fourth-order valence-electron chi connectivity index (χ4n) is 3.10. The quantitative estimate of drug-likeness (QED) is 0.267. The predicted octanol–water partition coefficient (Wildman–Crippen LogP) is 5.40. The van der Waals surface area contributed by atoms with Gasteiger partial charge < -0.3 is 19.2 Å². The topological polar surface area (TPSA) is 108 Å². The molecule has 2 heterocycles. The molecule has 1 N–H and O–H groups in total. The Morgan fingerprint density at radius 3 is 2.47 bits per heavy atom. The lowest BCUT2D eigenvalue weighted by Gasteiger charge is -2.11. The number of pyridine rings is 1. The van der Waals surface area contributed by atoms with Crippen LogP contribution in [0.25, 0.3) is 10.9 Å². The number of aromatic amines is 1. The van der Waals surface area contributed by atoms with E-state index >= 15 is 0 Å². The maximum atomic E-state index is 12.2. The molecular weight excluding hydrogens is 480 g/mol. The fourth-order valence-corrected chi connectivity index (χ4v) is 3.28. The number of aryl methyl sites for hydroxylation is 1. The first-order chi connectivity index (χ1) is 16.4. The number of benzene rings is 2. The highest BCUT2D eigenvalue weighted by atomic mass is 35.5. The van der Waals surface area contributed by atoms with E-state index in [0.29, 0.717) is 45.9 Å². The van der Waals surface area contributed by atoms with Gasteiger partial charge >= 0.3 is 17.5 Å². The Balaban J connectivity index is 0.00000103. The normalized spacial score (nSPS) is 10.2. The van der Waals surface area contributed by atoms with Gasteiger partial charge in [0, 0.05) is 11.5 Å². The first-order valence-corrected chi connectivity index (χ1v) is 11.2. The smallest absolute Gasteiger partial charge is 0.354 e. The van der Waals surface area contributed by atoms with Crippen molar-refractivity contribution in [3.05, 3.63) is 82.8 Å². The number of hydrogen-bond acceptors (Lipinski definition) is 7. The SMILES string of the molecule is CCOC(=O)c1cc2cc(Oc3ccc(C)cc3)cc(OCc3cccc(Cl)n3)c2[nH]1.O=S=O. The maximum absolute atomic E-state index is 12.2. The molecule has 8 nitrogen and oxygen atoms in total. The molecule has 4 aromatic rings. The Labute approximate surface area is 204 Å². The number of ether oxygens (including phenoxy) is 3. The first-order valence-electron chi connectivity index (χ1n) is 10.2. The van der Waals surface area contributed by atoms with Gasteiger partial charge in [0.2, 0.25) is 0 Å². The van der Waals surface area contributed by atoms with Crippen molar-refractivity contribution < 1.29 is 27.4 Å². The molecule has 0 bridgehead atoms. The summed E-state index contributed by atoms with van der Waals surface area (Å²) in [7, 11) is 0. The van der Waals surface area contributed by atoms with Crippen LogP contribution in [0.4, 0.5) is 0 Å². The number of esters is 1. The van der Waals surface area contributed by atoms with Gasteiger partial charge in [-0.2, -0.15) is 8.42 Å². The lowest BCUT2D eigenvalue weighted by molar-refractivity contribution is 0.0520. The molecule has 10 heteroatoms. The Morgan fingerprint density at radius 2 is 1.79 bits per heavy atom. The molecule has 2 aromatic carbocycles. The van der Waals surface area contributed by atoms with Crippen LogP contribution >= 0.6 is 11.6 Å². The number of halogens is 1. The molecule has 0 unspecified atom stereocenters. The van der Waals surface area contributed by atoms with E-state index in [2.05, 4.69) is 9.97 Å². The second-order valence-electron chi connectivity index (χ2n) is 7.01. The van der Waals surface area contributed by atoms with Crippen LogP contribution in [0, 0.1) is 6.92 Å². The van der Waals surface area contributed by atoms with Gasteiger partial charge in [0.05, 0.1) is 17.8 Å². The maximum Gasteiger partial charge on any atom is 0.354 e. The van der Waals surface area contributed by atoms with Crippen molar-refractivity contribution in [3.8, 4) is 17.2 Å². The summed E-state index contributed by atoms with van der Waals surface area (Å²) in [6, 6.07) is 18.4. The highest BCUT2D eigenvalue weighted by molar-refractivity contribution is 7.51. The summed E-state index contributed by atoms with van der Waals surface area (Å²) in [5.74, 6) is 1.38. The monoisotopic (exact) mass is 500 g/mol. The number of nitrogens with zero attached hydrogens (tertiary/aromatic N) is 1. The van der Waals surface area contributed by atoms with Crippen molar-refractivity contribution >= 4 is 40.0 Å². The van der Waals surface area contributed by atoms with Crippen molar-refractivity contribution in [2.45, 2.75) is 20.5 Å². The van der Waals surface area contributed by atoms with Gasteiger partial charge in [-0.05, 0) is 50.2 Å². The molecule has 0 saturated carbocycles. The second-order valence-corrected chi connectivity index (χ2v) is 7.54. The molecular formula is C24H21ClN2O6S. The van der Waals surface area contributed by atoms with Gasteiger partial charge in [-0.25, -0.2) is 9.78 Å². The highest BCUT2D eigenvalue weighted by Gasteiger charge is 2.16. The lowest BCUT2D eigenvalue weighted by Crippen LogP contribution is -2.04. The van der Waals surface area contributed by atoms with Gasteiger partial charge in [-0.15, -0.1) is 0 Å². The van der Waals surface area contributed by atoms with Gasteiger partial charge in [-0.1, -0.05) is 35.4 Å². The minimum Gasteiger partial charge on any atom is -0.485 e. The number of rotatable bonds is 7. The van der Waals surface area contributed by atoms with E-state index in [1.807, 2.05) is 49.4 Å². The summed E-state index contributed by atoms with van der Waals surface area (Å²) in [5, 5.41) is 1.16. The van der Waals surface area contributed by atoms with Gasteiger partial charge in [0.15, 0.2) is 0 Å². The van der Waals surface area contributed by atoms with Crippen molar-refractivity contribution in [1.29, 1.82) is 0 Å². The van der Waals surface area contributed by atoms with Gasteiger partial charge in [0.25, 0.3) is 0 Å². The number of fused-ring (bicyclic) bond motifs is 1. The summed E-state index contributed by atoms with van der Waals surface area (Å²) >= 11 is 5.22. The molecule has 0 aliphatic rings. The Kier molecular flexibility index (Phi) is 8.78. The zero-order valence-corrected chi connectivity index (χ0v) is 19.9. The standard InChI is InChI=1S/C24H21ClN2O4.O2S/c1-3-29-24(28)20-12-16-11-19(31-18-9-7-15(2)8-10-18)13-21(23(16)27-20)30-14-17-5-4-6-22(25)26-17;1-3-2/h4-13,27H,3,14H2,1-2H3;. The minimum absolute atomic E-state index is 0.206. The van der Waals surface area contributed by atoms with Crippen LogP contribution in [-0.2, 0) is 22.9 Å². The molecule has 0 saturated heterocycles. The van der Waals surface area contributed by atoms with Crippen LogP contribution in [0.1, 0.15) is 28.7 Å². The average Bonchev–Trinajstić information content (AvgIpc) is 3.24. The number of carbonyl (C=O) groups excluding carboxylic acids is 1. The number of hydrogen-bond donors (Lipinski definition) is 1. The zero-order chi connectivity index (χ0) is 24.5. The highest BCUT2D eigenvalue weighted by Crippen LogP contribution is 2.34. The molecule has 0 atom stereocenters. The molecule has 0 spiro atoms. The summed E-state index contributed by atoms with van der Waals surface area (Å²) in [6.07, 6.45) is 0. The van der Waals surface area contributed by atoms with Crippen LogP contribution in [0.15, 0.2) is 60.7 Å². The van der Waals surface area contributed by atoms with E-state index in [-0.39, 0.29) is 6.61 Å². The number of H-pyrrole nitrogens is 1. The average molecular weight is 501 g/mol. The van der Waals surface area contributed by atoms with E-state index in [1.165, 1.54) is 0 Å². The van der Waals surface area contributed by atoms with Crippen LogP contribution < -0.4 is 9.47 Å². The molecule has 0 amide bonds. The van der Waals surface area contributed by atoms with E-state index in [9.17, 15) is 4.79 Å². The largest absolute Gasteiger partial charge is 0.485 e. The lowest BCUT2D eigenvalue weighted by atomic mass is 10.2. The van der Waals surface area contributed by atoms with E-state index < -0.39 is 17.5 Å². The van der Waals surface area contributed by atoms with E-state index in [1.54, 1.807) is 25.1 Å². The molecule has 176 valence electrons. The first kappa shape index (κ1) is 24.9. The van der Waals surface area contributed by atoms with Crippen molar-refractivity contribution in [1.82, 2.24) is 9.97 Å². The summed E-state index contributed by atoms with van der Waals surface area (Å²) in [5.41, 5.74) is 2.84. The molecule has 2 aromatic heterocycles. The van der Waals surface area contributed by atoms with Gasteiger partial charge in [0.1, 0.15) is 34.7 Å². The predicted molar refractivity (Wildman–Crippen MR) is 128 cm³/mol. The third kappa shape index (κ3) is 6.66. The van der Waals surface area contributed by atoms with Crippen LogP contribution in [0.5, 0.6) is 17.2 Å². The van der Waals surface area contributed by atoms with Gasteiger partial charge in [-0.3, -0.25) is 0 Å². The third-order valence-corrected chi connectivity index (χ3v) is 4.78. The molecule has 0 aliphatic carbocycles. The van der Waals surface area contributed by atoms with Crippen LogP contribution in [-0.4, -0.2) is 31.0 Å². The summed E-state index contributed by atoms with van der Waals surface area (Å²) < 4.78 is 33.7. The fraction of sp³-hybridized carbons (Fsp3) is 0.167. The van der Waals surface area contributed by atoms with Crippen molar-refractivity contribution in [3.63, 3.8) is 0 Å². The molecule has 4 rings (SSSR count). The number of nitrogens with one attached hydrogen (secondary N) is 1. The van der Waals surface area contributed by atoms with E-state index in [4.69, 9.17) is 34.2 Å². The molecule has 0 fully saturated rings. The number of aromatic nitrogens is 2. The number of carbonyl (C=O) groups is 1. The van der Waals surface area contributed by atoms with E-state index in [0.717, 1.165) is 10.9 Å². The Bertz CT molecular complexity index is 1320. The summed E-state index contributed by atoms with van der Waals surface area (Å²) in [4.78, 5) is 19.5. The minimum atomic E-state index is -0.750. The van der Waals surface area contributed by atoms with Crippen molar-refractivity contribution in [2.75, 3.05) is 6.61 Å². The zero-order valence-electron chi connectivity index (χ0n) is 18.4. The van der Waals surface area contributed by atoms with Crippen LogP contribution in [0.3, 0.4) is 0 Å².